The van der Waals surface area contributed by atoms with Crippen molar-refractivity contribution in [3.8, 4) is 11.5 Å². The Kier molecular flexibility index (Phi) is 62.1. The van der Waals surface area contributed by atoms with Crippen LogP contribution in [0.1, 0.15) is 296 Å². The van der Waals surface area contributed by atoms with Gasteiger partial charge in [0.2, 0.25) is 15.9 Å². The molecule has 0 bridgehead atoms. The second kappa shape index (κ2) is 66.1. The van der Waals surface area contributed by atoms with E-state index >= 15 is 0 Å². The molecule has 2 N–H and O–H groups in total. The third-order valence-electron chi connectivity index (χ3n) is 18.9. The fourth-order valence-corrected chi connectivity index (χ4v) is 14.4. The van der Waals surface area contributed by atoms with E-state index < -0.39 is 18.1 Å². The number of unbranched alkanes of at least 4 members (excludes halogenated alkanes) is 33. The van der Waals surface area contributed by atoms with Crippen molar-refractivity contribution in [1.29, 1.82) is 0 Å². The Morgan fingerprint density at radius 3 is 1.12 bits per heavy atom. The van der Waals surface area contributed by atoms with Crippen LogP contribution < -0.4 is 118 Å². The van der Waals surface area contributed by atoms with Gasteiger partial charge < -0.3 is 49.7 Å². The van der Waals surface area contributed by atoms with Gasteiger partial charge >= 0.3 is 121 Å². The molecule has 0 aliphatic rings. The number of aliphatic carboxylic acids is 1. The zero-order valence-corrected chi connectivity index (χ0v) is 79.5. The van der Waals surface area contributed by atoms with Gasteiger partial charge in [0, 0.05) is 18.6 Å². The molecule has 0 amide bonds. The standard InChI is InChI=1S/C30H41Cl2N3O3.C24H39BrO3.C22H33Cl2N3O2.C6H3Cl2N3.CH2O3.2K.H/c1-3-4-5-6-7-8-9-10-11-12-13-14-15-26(29(36)38-22-23-16-18-24(37-2)19-17-23)35-21-20-25-27(31)33-30(32)34-28(25)35;1-3-4-5-6-7-8-9-10-11-12-13-14-15-23(25)24(26)28-20-21-16-18-22(27-2)19-17-21;1-2-3-4-5-6-7-8-9-10-11-12-13-14-18(21(28)29)27-16-15-17-19(23)25-22(24)26-20(17)27;7-4-3-1-2-9-5(3)11-6(8)10-4;2-1-4-3;;;/h16-21,26H,3-15,22H2,1-2H3;16-19,23H,3-15,20H2,1-2H3;15-16,18H,2-14H2,1H3,(H,28,29);1-2H,(H,9,10,11);1,3H;;;/q;;;;;2*+1;-1/p-1. The number of carbonyl (C=O) groups is 4. The smallest absolute Gasteiger partial charge is 1.00 e. The normalized spacial score (nSPS) is 11.6. The molecule has 0 aliphatic heterocycles. The van der Waals surface area contributed by atoms with Crippen LogP contribution in [0.15, 0.2) is 85.3 Å². The van der Waals surface area contributed by atoms with Crippen LogP contribution in [0.25, 0.3) is 33.1 Å². The van der Waals surface area contributed by atoms with Gasteiger partial charge in [-0.2, -0.15) is 15.0 Å². The van der Waals surface area contributed by atoms with E-state index in [-0.39, 0.29) is 160 Å². The summed E-state index contributed by atoms with van der Waals surface area (Å²) >= 11 is 39.1. The van der Waals surface area contributed by atoms with Crippen LogP contribution in [0, 0.1) is 0 Å². The molecular formula is C83H118BrCl6K2N9O11. The Bertz CT molecular complexity index is 3820. The Balaban J connectivity index is 0.000000771. The maximum Gasteiger partial charge on any atom is 1.00 e. The number of hydrogen-bond acceptors (Lipinski definition) is 16. The SMILES string of the molecule is CCCCCCCCCCCCCCC(Br)C(=O)OCc1ccc(OC)cc1.CCCCCCCCCCCCCCC(C(=O)O)n1ccc2c(Cl)nc(Cl)nc21.CCCCCCCCCCCCCCC(C(=O)OCc1ccc(OC)cc1)n1ccc2c(Cl)nc(Cl)nc21.Clc1nc(Cl)c2cc[nH]c2n1.O=CO[O-].[H-].[K+].[K+]. The van der Waals surface area contributed by atoms with Gasteiger partial charge in [-0.05, 0) is 108 Å². The molecule has 612 valence electrons. The summed E-state index contributed by atoms with van der Waals surface area (Å²) in [5.74, 6) is 0.236. The largest absolute Gasteiger partial charge is 1.00 e. The van der Waals surface area contributed by atoms with E-state index in [1.54, 1.807) is 43.3 Å². The topological polar surface area (TPSA) is 261 Å². The molecule has 0 saturated heterocycles. The van der Waals surface area contributed by atoms with Gasteiger partial charge in [0.15, 0.2) is 0 Å². The number of carboxylic acids is 1. The van der Waals surface area contributed by atoms with Crippen molar-refractivity contribution in [2.45, 2.75) is 301 Å². The van der Waals surface area contributed by atoms with E-state index in [1.807, 2.05) is 65.4 Å². The molecule has 0 aliphatic carbocycles. The predicted octanol–water partition coefficient (Wildman–Crippen LogP) is 19.0. The van der Waals surface area contributed by atoms with E-state index in [4.69, 9.17) is 98.6 Å². The molecule has 112 heavy (non-hydrogen) atoms. The summed E-state index contributed by atoms with van der Waals surface area (Å²) < 4.78 is 24.9. The van der Waals surface area contributed by atoms with Gasteiger partial charge in [-0.1, -0.05) is 327 Å². The number of hydrogen-bond donors (Lipinski definition) is 2. The molecule has 3 unspecified atom stereocenters. The van der Waals surface area contributed by atoms with Crippen LogP contribution in [-0.4, -0.2) is 92.6 Å². The van der Waals surface area contributed by atoms with Crippen molar-refractivity contribution in [2.75, 3.05) is 14.2 Å². The van der Waals surface area contributed by atoms with Crippen molar-refractivity contribution in [1.82, 2.24) is 44.0 Å². The molecule has 8 rings (SSSR count). The number of aromatic amines is 1. The van der Waals surface area contributed by atoms with E-state index in [0.717, 1.165) is 73.0 Å². The maximum atomic E-state index is 13.3. The van der Waals surface area contributed by atoms with E-state index in [1.165, 1.54) is 193 Å². The van der Waals surface area contributed by atoms with Crippen LogP contribution >= 0.6 is 85.5 Å². The minimum atomic E-state index is -0.864. The van der Waals surface area contributed by atoms with Crippen LogP contribution in [0.2, 0.25) is 31.3 Å². The molecule has 0 spiro atoms. The Morgan fingerprint density at radius 1 is 0.455 bits per heavy atom. The van der Waals surface area contributed by atoms with Gasteiger partial charge in [-0.15, -0.1) is 0 Å². The first-order valence-electron chi connectivity index (χ1n) is 39.7. The number of aromatic nitrogens is 9. The molecule has 29 heteroatoms. The van der Waals surface area contributed by atoms with E-state index in [2.05, 4.69) is 76.5 Å². The number of carboxylic acid groups (broad SMARTS) is 1. The van der Waals surface area contributed by atoms with Crippen LogP contribution in [0.5, 0.6) is 11.5 Å². The molecule has 6 aromatic heterocycles. The van der Waals surface area contributed by atoms with Crippen molar-refractivity contribution < 1.29 is 158 Å². The fourth-order valence-electron chi connectivity index (χ4n) is 12.7. The molecule has 20 nitrogen and oxygen atoms in total. The first-order valence-corrected chi connectivity index (χ1v) is 42.8. The number of alkyl halides is 1. The summed E-state index contributed by atoms with van der Waals surface area (Å²) in [5, 5.41) is 21.3. The predicted molar refractivity (Wildman–Crippen MR) is 448 cm³/mol. The van der Waals surface area contributed by atoms with Crippen molar-refractivity contribution in [3.05, 3.63) is 128 Å². The van der Waals surface area contributed by atoms with Gasteiger partial charge in [0.1, 0.15) is 74.0 Å². The zero-order chi connectivity index (χ0) is 79.9. The summed E-state index contributed by atoms with van der Waals surface area (Å²) in [6.07, 6.45) is 53.5. The summed E-state index contributed by atoms with van der Waals surface area (Å²) in [7, 11) is 3.26. The number of ether oxygens (including phenoxy) is 4. The molecule has 3 atom stereocenters. The van der Waals surface area contributed by atoms with Crippen LogP contribution in [0.4, 0.5) is 0 Å². The number of fused-ring (bicyclic) bond motifs is 3. The van der Waals surface area contributed by atoms with E-state index in [0.29, 0.717) is 52.3 Å². The molecule has 2 aromatic carbocycles. The number of H-pyrrole nitrogens is 1. The zero-order valence-electron chi connectivity index (χ0n) is 68.1. The first-order chi connectivity index (χ1) is 53.4. The van der Waals surface area contributed by atoms with Gasteiger partial charge in [0.05, 0.1) is 30.4 Å². The van der Waals surface area contributed by atoms with Crippen LogP contribution in [0.3, 0.4) is 0 Å². The number of nitrogens with zero attached hydrogens (tertiary/aromatic N) is 8. The Hall–Kier alpha value is -2.77. The Morgan fingerprint density at radius 2 is 0.768 bits per heavy atom. The number of halogens is 7. The minimum Gasteiger partial charge on any atom is -1.00 e. The first kappa shape index (κ1) is 105. The maximum absolute atomic E-state index is 13.3. The molecule has 0 radical (unpaired) electrons. The van der Waals surface area contributed by atoms with Gasteiger partial charge in [0.25, 0.3) is 6.47 Å². The number of nitrogens with one attached hydrogen (secondary N) is 1. The number of benzene rings is 2. The number of methoxy groups -OCH3 is 2. The minimum absolute atomic E-state index is 0. The van der Waals surface area contributed by atoms with Gasteiger partial charge in [-0.3, -0.25) is 9.59 Å². The Labute approximate surface area is 789 Å². The number of esters is 2. The molecular weight excluding hydrogens is 1670 g/mol. The van der Waals surface area contributed by atoms with Crippen molar-refractivity contribution in [3.63, 3.8) is 0 Å². The van der Waals surface area contributed by atoms with Crippen LogP contribution in [-0.2, 0) is 46.8 Å². The van der Waals surface area contributed by atoms with Gasteiger partial charge in [-0.25, -0.2) is 24.5 Å². The third kappa shape index (κ3) is 43.8. The summed E-state index contributed by atoms with van der Waals surface area (Å²) in [6.45, 7) is 7.09. The molecule has 8 aromatic rings. The second-order valence-corrected chi connectivity index (χ2v) is 30.7. The number of rotatable bonds is 51. The summed E-state index contributed by atoms with van der Waals surface area (Å²) in [5.41, 5.74) is 3.55. The average molecular weight is 1790 g/mol. The average Bonchev–Trinajstić information content (AvgIpc) is 1.65. The summed E-state index contributed by atoms with van der Waals surface area (Å²) in [4.78, 5) is 75.3. The third-order valence-corrected chi connectivity index (χ3v) is 21.1. The monoisotopic (exact) mass is 1780 g/mol. The molecule has 0 saturated carbocycles. The molecule has 6 heterocycles. The quantitative estimate of drug-likeness (QED) is 0.00413. The summed E-state index contributed by atoms with van der Waals surface area (Å²) in [6, 6.07) is 19.3. The van der Waals surface area contributed by atoms with Crippen molar-refractivity contribution in [2.24, 2.45) is 0 Å². The molecule has 0 fully saturated rings. The van der Waals surface area contributed by atoms with E-state index in [9.17, 15) is 19.5 Å². The number of carbonyl (C=O) groups excluding carboxylic acids is 3. The second-order valence-electron chi connectivity index (χ2n) is 27.5. The van der Waals surface area contributed by atoms with Crippen molar-refractivity contribution >= 4 is 143 Å². The fraction of sp³-hybridized carbons (Fsp3) is 0.590.